The molecule has 3 nitrogen and oxygen atoms in total. The number of halogens is 2. The molecule has 1 amide bonds. The summed E-state index contributed by atoms with van der Waals surface area (Å²) in [6.45, 7) is 4.70. The zero-order valence-corrected chi connectivity index (χ0v) is 17.6. The minimum Gasteiger partial charge on any atom is -0.352 e. The second-order valence-electron chi connectivity index (χ2n) is 7.17. The van der Waals surface area contributed by atoms with E-state index < -0.39 is 0 Å². The molecule has 152 valence electrons. The fraction of sp³-hybridized carbons (Fsp3) is 0.292. The van der Waals surface area contributed by atoms with Gasteiger partial charge in [0.05, 0.1) is 11.3 Å². The van der Waals surface area contributed by atoms with Gasteiger partial charge in [-0.1, -0.05) is 56.0 Å². The normalized spacial score (nSPS) is 10.9. The lowest BCUT2D eigenvalue weighted by molar-refractivity contribution is 0.0952. The van der Waals surface area contributed by atoms with Crippen molar-refractivity contribution in [2.75, 3.05) is 6.54 Å². The van der Waals surface area contributed by atoms with Crippen molar-refractivity contribution in [1.82, 2.24) is 9.88 Å². The van der Waals surface area contributed by atoms with Gasteiger partial charge in [-0.2, -0.15) is 0 Å². The summed E-state index contributed by atoms with van der Waals surface area (Å²) in [6, 6.07) is 15.7. The Morgan fingerprint density at radius 1 is 1.07 bits per heavy atom. The minimum atomic E-state index is -0.320. The lowest BCUT2D eigenvalue weighted by Gasteiger charge is -2.13. The van der Waals surface area contributed by atoms with Crippen molar-refractivity contribution in [3.05, 3.63) is 76.7 Å². The first-order chi connectivity index (χ1) is 14.0. The monoisotopic (exact) mass is 412 g/mol. The van der Waals surface area contributed by atoms with Crippen LogP contribution in [0.15, 0.2) is 54.6 Å². The second-order valence-corrected chi connectivity index (χ2v) is 7.60. The molecule has 1 N–H and O–H groups in total. The van der Waals surface area contributed by atoms with E-state index >= 15 is 0 Å². The summed E-state index contributed by atoms with van der Waals surface area (Å²) in [5.74, 6) is -0.427. The topological polar surface area (TPSA) is 34.0 Å². The maximum absolute atomic E-state index is 13.9. The van der Waals surface area contributed by atoms with Crippen molar-refractivity contribution in [2.45, 2.75) is 39.5 Å². The number of aromatic nitrogens is 1. The molecule has 0 bridgehead atoms. The molecule has 0 aliphatic heterocycles. The standard InChI is InChI=1S/C24H26ClFN2O/c1-3-4-5-6-14-27-24(29)22-16-23(18-10-12-19(25)13-11-18)28(17(22)2)21-9-7-8-20(26)15-21/h7-13,15-16H,3-6,14H2,1-2H3,(H,27,29). The van der Waals surface area contributed by atoms with Crippen molar-refractivity contribution in [1.29, 1.82) is 0 Å². The van der Waals surface area contributed by atoms with Crippen molar-refractivity contribution in [3.8, 4) is 16.9 Å². The van der Waals surface area contributed by atoms with Crippen LogP contribution in [0, 0.1) is 12.7 Å². The van der Waals surface area contributed by atoms with Crippen molar-refractivity contribution >= 4 is 17.5 Å². The SMILES string of the molecule is CCCCCCNC(=O)c1cc(-c2ccc(Cl)cc2)n(-c2cccc(F)c2)c1C. The van der Waals surface area contributed by atoms with Crippen LogP contribution in [0.4, 0.5) is 4.39 Å². The summed E-state index contributed by atoms with van der Waals surface area (Å²) >= 11 is 6.04. The number of carbonyl (C=O) groups is 1. The number of nitrogens with zero attached hydrogens (tertiary/aromatic N) is 1. The fourth-order valence-electron chi connectivity index (χ4n) is 3.47. The molecule has 1 heterocycles. The highest BCUT2D eigenvalue weighted by molar-refractivity contribution is 6.30. The first-order valence-electron chi connectivity index (χ1n) is 10.0. The molecule has 29 heavy (non-hydrogen) atoms. The second kappa shape index (κ2) is 9.75. The van der Waals surface area contributed by atoms with Crippen LogP contribution in [0.1, 0.15) is 48.7 Å². The van der Waals surface area contributed by atoms with E-state index in [-0.39, 0.29) is 11.7 Å². The van der Waals surface area contributed by atoms with Crippen LogP contribution in [0.2, 0.25) is 5.02 Å². The Morgan fingerprint density at radius 3 is 2.52 bits per heavy atom. The molecule has 0 saturated carbocycles. The van der Waals surface area contributed by atoms with Crippen LogP contribution in [0.25, 0.3) is 16.9 Å². The van der Waals surface area contributed by atoms with E-state index in [0.29, 0.717) is 22.8 Å². The Bertz CT molecular complexity index is 979. The molecule has 0 spiro atoms. The van der Waals surface area contributed by atoms with Crippen LogP contribution in [-0.4, -0.2) is 17.0 Å². The Hall–Kier alpha value is -2.59. The number of benzene rings is 2. The van der Waals surface area contributed by atoms with Gasteiger partial charge in [0, 0.05) is 22.9 Å². The van der Waals surface area contributed by atoms with Crippen LogP contribution < -0.4 is 5.32 Å². The van der Waals surface area contributed by atoms with Gasteiger partial charge in [-0.15, -0.1) is 0 Å². The number of unbranched alkanes of at least 4 members (excludes halogenated alkanes) is 3. The highest BCUT2D eigenvalue weighted by Gasteiger charge is 2.19. The predicted molar refractivity (Wildman–Crippen MR) is 117 cm³/mol. The highest BCUT2D eigenvalue weighted by Crippen LogP contribution is 2.30. The van der Waals surface area contributed by atoms with E-state index in [0.717, 1.165) is 36.2 Å². The van der Waals surface area contributed by atoms with E-state index in [1.54, 1.807) is 6.07 Å². The van der Waals surface area contributed by atoms with Gasteiger partial charge in [0.2, 0.25) is 0 Å². The number of hydrogen-bond acceptors (Lipinski definition) is 1. The van der Waals surface area contributed by atoms with Gasteiger partial charge in [-0.25, -0.2) is 4.39 Å². The van der Waals surface area contributed by atoms with Crippen molar-refractivity contribution in [3.63, 3.8) is 0 Å². The third kappa shape index (κ3) is 5.07. The van der Waals surface area contributed by atoms with E-state index in [2.05, 4.69) is 12.2 Å². The maximum Gasteiger partial charge on any atom is 0.253 e. The quantitative estimate of drug-likeness (QED) is 0.418. The van der Waals surface area contributed by atoms with E-state index in [9.17, 15) is 9.18 Å². The molecular formula is C24H26ClFN2O. The molecule has 0 fully saturated rings. The Labute approximate surface area is 176 Å². The van der Waals surface area contributed by atoms with Crippen LogP contribution >= 0.6 is 11.6 Å². The number of nitrogens with one attached hydrogen (secondary N) is 1. The van der Waals surface area contributed by atoms with Gasteiger partial charge >= 0.3 is 0 Å². The molecule has 0 atom stereocenters. The molecule has 3 aromatic rings. The lowest BCUT2D eigenvalue weighted by Crippen LogP contribution is -2.24. The molecule has 0 aliphatic carbocycles. The Balaban J connectivity index is 1.97. The minimum absolute atomic E-state index is 0.107. The van der Waals surface area contributed by atoms with Gasteiger partial charge in [0.15, 0.2) is 0 Å². The number of hydrogen-bond donors (Lipinski definition) is 1. The summed E-state index contributed by atoms with van der Waals surface area (Å²) in [6.07, 6.45) is 4.41. The highest BCUT2D eigenvalue weighted by atomic mass is 35.5. The average molecular weight is 413 g/mol. The molecule has 0 saturated heterocycles. The molecule has 0 unspecified atom stereocenters. The molecule has 5 heteroatoms. The van der Waals surface area contributed by atoms with E-state index in [1.807, 2.05) is 47.9 Å². The molecular weight excluding hydrogens is 387 g/mol. The molecule has 3 rings (SSSR count). The van der Waals surface area contributed by atoms with Crippen LogP contribution in [-0.2, 0) is 0 Å². The van der Waals surface area contributed by atoms with E-state index in [1.165, 1.54) is 18.6 Å². The predicted octanol–water partition coefficient (Wildman–Crippen LogP) is 6.56. The Morgan fingerprint density at radius 2 is 1.83 bits per heavy atom. The average Bonchev–Trinajstić information content (AvgIpc) is 3.05. The van der Waals surface area contributed by atoms with Crippen molar-refractivity contribution in [2.24, 2.45) is 0 Å². The fourth-order valence-corrected chi connectivity index (χ4v) is 3.59. The smallest absolute Gasteiger partial charge is 0.253 e. The lowest BCUT2D eigenvalue weighted by atomic mass is 10.1. The molecule has 2 aromatic carbocycles. The van der Waals surface area contributed by atoms with Gasteiger partial charge in [0.1, 0.15) is 5.82 Å². The molecule has 0 radical (unpaired) electrons. The zero-order valence-electron chi connectivity index (χ0n) is 16.8. The zero-order chi connectivity index (χ0) is 20.8. The largest absolute Gasteiger partial charge is 0.352 e. The van der Waals surface area contributed by atoms with Crippen LogP contribution in [0.3, 0.4) is 0 Å². The van der Waals surface area contributed by atoms with Crippen molar-refractivity contribution < 1.29 is 9.18 Å². The number of amides is 1. The summed E-state index contributed by atoms with van der Waals surface area (Å²) in [5.41, 5.74) is 3.76. The maximum atomic E-state index is 13.9. The van der Waals surface area contributed by atoms with Gasteiger partial charge in [-0.05, 0) is 55.3 Å². The van der Waals surface area contributed by atoms with Gasteiger partial charge in [-0.3, -0.25) is 4.79 Å². The van der Waals surface area contributed by atoms with Gasteiger partial charge < -0.3 is 9.88 Å². The summed E-state index contributed by atoms with van der Waals surface area (Å²) in [7, 11) is 0. The summed E-state index contributed by atoms with van der Waals surface area (Å²) in [4.78, 5) is 12.8. The Kier molecular flexibility index (Phi) is 7.10. The first kappa shape index (κ1) is 21.1. The van der Waals surface area contributed by atoms with Gasteiger partial charge in [0.25, 0.3) is 5.91 Å². The number of rotatable bonds is 8. The summed E-state index contributed by atoms with van der Waals surface area (Å²) in [5, 5.41) is 3.65. The first-order valence-corrected chi connectivity index (χ1v) is 10.4. The third-order valence-corrected chi connectivity index (χ3v) is 5.27. The number of carbonyl (C=O) groups excluding carboxylic acids is 1. The summed E-state index contributed by atoms with van der Waals surface area (Å²) < 4.78 is 15.8. The molecule has 1 aromatic heterocycles. The third-order valence-electron chi connectivity index (χ3n) is 5.01. The van der Waals surface area contributed by atoms with E-state index in [4.69, 9.17) is 11.6 Å². The van der Waals surface area contributed by atoms with Crippen LogP contribution in [0.5, 0.6) is 0 Å². The molecule has 0 aliphatic rings.